The summed E-state index contributed by atoms with van der Waals surface area (Å²) in [5.41, 5.74) is 8.38. The van der Waals surface area contributed by atoms with Gasteiger partial charge in [0.25, 0.3) is 0 Å². The highest BCUT2D eigenvalue weighted by molar-refractivity contribution is 5.76. The number of benzene rings is 2. The van der Waals surface area contributed by atoms with E-state index in [2.05, 4.69) is 71.5 Å². The highest BCUT2D eigenvalue weighted by Gasteiger charge is 2.15. The Morgan fingerprint density at radius 2 is 1.67 bits per heavy atom. The van der Waals surface area contributed by atoms with Gasteiger partial charge in [-0.05, 0) is 50.1 Å². The van der Waals surface area contributed by atoms with Crippen LogP contribution in [0.3, 0.4) is 0 Å². The summed E-state index contributed by atoms with van der Waals surface area (Å²) in [7, 11) is 2.07. The first-order chi connectivity index (χ1) is 13.0. The third kappa shape index (κ3) is 3.12. The second kappa shape index (κ2) is 6.76. The van der Waals surface area contributed by atoms with E-state index >= 15 is 0 Å². The molecule has 2 aromatic carbocycles. The molecule has 0 saturated heterocycles. The number of aromatic nitrogens is 2. The maximum absolute atomic E-state index is 5.34. The van der Waals surface area contributed by atoms with E-state index in [1.165, 1.54) is 12.0 Å². The molecule has 0 N–H and O–H groups in total. The molecule has 2 heterocycles. The van der Waals surface area contributed by atoms with Gasteiger partial charge in [0.1, 0.15) is 17.7 Å². The normalized spacial score (nSPS) is 11.0. The number of hydrogen-bond donors (Lipinski definition) is 0. The van der Waals surface area contributed by atoms with E-state index < -0.39 is 0 Å². The fraction of sp³-hybridized carbons (Fsp3) is 0.182. The van der Waals surface area contributed by atoms with Gasteiger partial charge in [0.2, 0.25) is 0 Å². The van der Waals surface area contributed by atoms with E-state index in [1.54, 1.807) is 6.26 Å². The molecule has 136 valence electrons. The number of anilines is 2. The molecular formula is C22H21N3O2. The summed E-state index contributed by atoms with van der Waals surface area (Å²) in [6.45, 7) is 6.03. The molecule has 0 aliphatic rings. The average Bonchev–Trinajstić information content (AvgIpc) is 3.32. The SMILES string of the molecule is Cc1ccc(-c2c(C)noc2C)cc1N(C)c1ccc(-c2cocn2)cc1. The summed E-state index contributed by atoms with van der Waals surface area (Å²) in [6.07, 6.45) is 3.09. The van der Waals surface area contributed by atoms with Crippen molar-refractivity contribution in [3.8, 4) is 22.4 Å². The highest BCUT2D eigenvalue weighted by atomic mass is 16.5. The lowest BCUT2D eigenvalue weighted by molar-refractivity contribution is 0.393. The Morgan fingerprint density at radius 1 is 0.926 bits per heavy atom. The maximum Gasteiger partial charge on any atom is 0.181 e. The van der Waals surface area contributed by atoms with Crippen LogP contribution >= 0.6 is 0 Å². The van der Waals surface area contributed by atoms with Crippen molar-refractivity contribution < 1.29 is 8.94 Å². The van der Waals surface area contributed by atoms with Crippen LogP contribution < -0.4 is 4.90 Å². The van der Waals surface area contributed by atoms with Crippen molar-refractivity contribution in [1.82, 2.24) is 10.1 Å². The minimum atomic E-state index is 0.834. The third-order valence-electron chi connectivity index (χ3n) is 4.88. The lowest BCUT2D eigenvalue weighted by Gasteiger charge is -2.23. The van der Waals surface area contributed by atoms with Gasteiger partial charge in [-0.1, -0.05) is 29.4 Å². The zero-order valence-corrected chi connectivity index (χ0v) is 15.9. The van der Waals surface area contributed by atoms with Crippen LogP contribution in [0.25, 0.3) is 22.4 Å². The molecule has 5 heteroatoms. The Balaban J connectivity index is 1.69. The third-order valence-corrected chi connectivity index (χ3v) is 4.88. The Labute approximate surface area is 158 Å². The van der Waals surface area contributed by atoms with Crippen LogP contribution in [0.1, 0.15) is 17.0 Å². The molecular weight excluding hydrogens is 338 g/mol. The predicted octanol–water partition coefficient (Wildman–Crippen LogP) is 5.69. The maximum atomic E-state index is 5.34. The fourth-order valence-electron chi connectivity index (χ4n) is 3.37. The minimum absolute atomic E-state index is 0.834. The van der Waals surface area contributed by atoms with Gasteiger partial charge in [-0.25, -0.2) is 4.98 Å². The first-order valence-electron chi connectivity index (χ1n) is 8.81. The lowest BCUT2D eigenvalue weighted by Crippen LogP contribution is -2.11. The predicted molar refractivity (Wildman–Crippen MR) is 106 cm³/mol. The molecule has 0 fully saturated rings. The molecule has 27 heavy (non-hydrogen) atoms. The van der Waals surface area contributed by atoms with Crippen LogP contribution in [-0.4, -0.2) is 17.2 Å². The molecule has 0 bridgehead atoms. The largest absolute Gasteiger partial charge is 0.451 e. The Kier molecular flexibility index (Phi) is 4.28. The van der Waals surface area contributed by atoms with Gasteiger partial charge in [-0.15, -0.1) is 0 Å². The van der Waals surface area contributed by atoms with Crippen LogP contribution in [0.4, 0.5) is 11.4 Å². The van der Waals surface area contributed by atoms with Crippen LogP contribution in [0.5, 0.6) is 0 Å². The number of hydrogen-bond acceptors (Lipinski definition) is 5. The summed E-state index contributed by atoms with van der Waals surface area (Å²) < 4.78 is 10.4. The zero-order valence-electron chi connectivity index (χ0n) is 15.9. The zero-order chi connectivity index (χ0) is 19.0. The van der Waals surface area contributed by atoms with Gasteiger partial charge in [0, 0.05) is 29.5 Å². The van der Waals surface area contributed by atoms with E-state index in [-0.39, 0.29) is 0 Å². The number of oxazole rings is 1. The Bertz CT molecular complexity index is 1040. The molecule has 0 spiro atoms. The van der Waals surface area contributed by atoms with Crippen molar-refractivity contribution in [3.63, 3.8) is 0 Å². The van der Waals surface area contributed by atoms with E-state index in [0.29, 0.717) is 0 Å². The van der Waals surface area contributed by atoms with Gasteiger partial charge in [0.15, 0.2) is 6.39 Å². The number of nitrogens with zero attached hydrogens (tertiary/aromatic N) is 3. The lowest BCUT2D eigenvalue weighted by atomic mass is 10.0. The van der Waals surface area contributed by atoms with Crippen molar-refractivity contribution in [2.45, 2.75) is 20.8 Å². The monoisotopic (exact) mass is 359 g/mol. The molecule has 0 amide bonds. The molecule has 0 unspecified atom stereocenters. The summed E-state index contributed by atoms with van der Waals surface area (Å²) >= 11 is 0. The summed E-state index contributed by atoms with van der Waals surface area (Å²) in [5, 5.41) is 4.08. The van der Waals surface area contributed by atoms with Gasteiger partial charge < -0.3 is 13.8 Å². The Hall–Kier alpha value is -3.34. The topological polar surface area (TPSA) is 55.3 Å². The smallest absolute Gasteiger partial charge is 0.181 e. The molecule has 0 atom stereocenters. The van der Waals surface area contributed by atoms with Crippen molar-refractivity contribution in [2.75, 3.05) is 11.9 Å². The highest BCUT2D eigenvalue weighted by Crippen LogP contribution is 2.34. The molecule has 4 aromatic rings. The molecule has 0 aliphatic carbocycles. The van der Waals surface area contributed by atoms with E-state index in [1.807, 2.05) is 13.8 Å². The first kappa shape index (κ1) is 17.1. The number of rotatable bonds is 4. The average molecular weight is 359 g/mol. The quantitative estimate of drug-likeness (QED) is 0.468. The van der Waals surface area contributed by atoms with Gasteiger partial charge in [-0.3, -0.25) is 0 Å². The molecule has 5 nitrogen and oxygen atoms in total. The van der Waals surface area contributed by atoms with Crippen molar-refractivity contribution >= 4 is 11.4 Å². The van der Waals surface area contributed by atoms with Gasteiger partial charge in [0.05, 0.1) is 5.69 Å². The van der Waals surface area contributed by atoms with Crippen LogP contribution in [-0.2, 0) is 0 Å². The van der Waals surface area contributed by atoms with E-state index in [4.69, 9.17) is 8.94 Å². The first-order valence-corrected chi connectivity index (χ1v) is 8.81. The van der Waals surface area contributed by atoms with E-state index in [9.17, 15) is 0 Å². The van der Waals surface area contributed by atoms with Crippen molar-refractivity contribution in [3.05, 3.63) is 72.1 Å². The second-order valence-corrected chi connectivity index (χ2v) is 6.68. The molecule has 2 aromatic heterocycles. The molecule has 0 aliphatic heterocycles. The summed E-state index contributed by atoms with van der Waals surface area (Å²) in [5.74, 6) is 0.835. The summed E-state index contributed by atoms with van der Waals surface area (Å²) in [4.78, 5) is 6.38. The van der Waals surface area contributed by atoms with Crippen molar-refractivity contribution in [2.24, 2.45) is 0 Å². The minimum Gasteiger partial charge on any atom is -0.451 e. The van der Waals surface area contributed by atoms with Gasteiger partial charge >= 0.3 is 0 Å². The van der Waals surface area contributed by atoms with E-state index in [0.717, 1.165) is 45.2 Å². The standard InChI is InChI=1S/C22H21N3O2/c1-14-5-6-18(22-15(2)24-27-16(22)3)11-21(14)25(4)19-9-7-17(8-10-19)20-12-26-13-23-20/h5-13H,1-4H3. The second-order valence-electron chi connectivity index (χ2n) is 6.68. The van der Waals surface area contributed by atoms with Crippen LogP contribution in [0.2, 0.25) is 0 Å². The molecule has 0 saturated carbocycles. The van der Waals surface area contributed by atoms with Crippen molar-refractivity contribution in [1.29, 1.82) is 0 Å². The molecule has 4 rings (SSSR count). The Morgan fingerprint density at radius 3 is 2.30 bits per heavy atom. The molecule has 0 radical (unpaired) electrons. The van der Waals surface area contributed by atoms with Crippen LogP contribution in [0, 0.1) is 20.8 Å². The van der Waals surface area contributed by atoms with Gasteiger partial charge in [-0.2, -0.15) is 0 Å². The summed E-state index contributed by atoms with van der Waals surface area (Å²) in [6, 6.07) is 14.7. The fourth-order valence-corrected chi connectivity index (χ4v) is 3.37. The van der Waals surface area contributed by atoms with Crippen LogP contribution in [0.15, 0.2) is 64.1 Å². The number of aryl methyl sites for hydroxylation is 3.